The molecule has 1 aromatic rings. The lowest BCUT2D eigenvalue weighted by molar-refractivity contribution is -0.311. The lowest BCUT2D eigenvalue weighted by Crippen LogP contribution is -2.33. The fourth-order valence-corrected chi connectivity index (χ4v) is 2.30. The molecule has 4 nitrogen and oxygen atoms in total. The molecule has 2 unspecified atom stereocenters. The summed E-state index contributed by atoms with van der Waals surface area (Å²) in [6.07, 6.45) is 5.67. The molecule has 0 aromatic carbocycles. The molecule has 0 spiro atoms. The molecule has 0 bridgehead atoms. The van der Waals surface area contributed by atoms with Crippen LogP contribution in [0.15, 0.2) is 22.8 Å². The van der Waals surface area contributed by atoms with Gasteiger partial charge in [-0.3, -0.25) is 0 Å². The fraction of sp³-hybridized carbons (Fsp3) is 0.583. The minimum Gasteiger partial charge on any atom is -0.548 e. The standard InChI is InChI=1S/C12H16O4/c13-12(14)8-16-11-5-2-1-4-9(11)10-6-3-7-15-10/h3,6-7,9,11H,1-2,4-5,8H2,(H,13,14)/p-1. The smallest absolute Gasteiger partial charge is 0.109 e. The van der Waals surface area contributed by atoms with Crippen LogP contribution < -0.4 is 5.11 Å². The molecular formula is C12H15O4-. The van der Waals surface area contributed by atoms with E-state index < -0.39 is 5.97 Å². The van der Waals surface area contributed by atoms with E-state index in [1.807, 2.05) is 12.1 Å². The summed E-state index contributed by atoms with van der Waals surface area (Å²) in [4.78, 5) is 10.4. The lowest BCUT2D eigenvalue weighted by Gasteiger charge is -2.30. The first-order chi connectivity index (χ1) is 7.77. The third-order valence-electron chi connectivity index (χ3n) is 3.03. The van der Waals surface area contributed by atoms with Gasteiger partial charge < -0.3 is 19.1 Å². The third-order valence-corrected chi connectivity index (χ3v) is 3.03. The highest BCUT2D eigenvalue weighted by atomic mass is 16.5. The van der Waals surface area contributed by atoms with Crippen LogP contribution in [0.2, 0.25) is 0 Å². The van der Waals surface area contributed by atoms with Crippen LogP contribution in [0, 0.1) is 0 Å². The van der Waals surface area contributed by atoms with E-state index in [0.29, 0.717) is 0 Å². The molecule has 0 N–H and O–H groups in total. The Hall–Kier alpha value is -1.29. The molecule has 0 amide bonds. The first-order valence-electron chi connectivity index (χ1n) is 5.62. The Kier molecular flexibility index (Phi) is 3.62. The summed E-state index contributed by atoms with van der Waals surface area (Å²) in [7, 11) is 0. The van der Waals surface area contributed by atoms with Crippen LogP contribution in [0.5, 0.6) is 0 Å². The highest BCUT2D eigenvalue weighted by molar-refractivity contribution is 5.65. The van der Waals surface area contributed by atoms with E-state index in [2.05, 4.69) is 0 Å². The van der Waals surface area contributed by atoms with Gasteiger partial charge in [-0.2, -0.15) is 0 Å². The lowest BCUT2D eigenvalue weighted by atomic mass is 9.85. The number of aliphatic carboxylic acids is 1. The third kappa shape index (κ3) is 2.64. The average molecular weight is 223 g/mol. The molecule has 88 valence electrons. The van der Waals surface area contributed by atoms with Gasteiger partial charge in [-0.05, 0) is 25.0 Å². The van der Waals surface area contributed by atoms with Gasteiger partial charge in [0, 0.05) is 5.92 Å². The molecule has 16 heavy (non-hydrogen) atoms. The fourth-order valence-electron chi connectivity index (χ4n) is 2.30. The number of ether oxygens (including phenoxy) is 1. The Morgan fingerprint density at radius 1 is 1.50 bits per heavy atom. The van der Waals surface area contributed by atoms with Gasteiger partial charge in [-0.25, -0.2) is 0 Å². The summed E-state index contributed by atoms with van der Waals surface area (Å²) in [6, 6.07) is 3.77. The normalized spacial score (nSPS) is 25.5. The van der Waals surface area contributed by atoms with E-state index in [1.165, 1.54) is 0 Å². The number of carbonyl (C=O) groups is 1. The monoisotopic (exact) mass is 223 g/mol. The predicted octanol–water partition coefficient (Wildman–Crippen LogP) is 1.07. The molecule has 0 saturated heterocycles. The van der Waals surface area contributed by atoms with E-state index in [1.54, 1.807) is 6.26 Å². The molecule has 0 radical (unpaired) electrons. The largest absolute Gasteiger partial charge is 0.548 e. The summed E-state index contributed by atoms with van der Waals surface area (Å²) < 4.78 is 10.7. The Balaban J connectivity index is 2.00. The number of hydrogen-bond donors (Lipinski definition) is 0. The van der Waals surface area contributed by atoms with Crippen LogP contribution in [0.4, 0.5) is 0 Å². The van der Waals surface area contributed by atoms with Crippen LogP contribution in [0.25, 0.3) is 0 Å². The zero-order chi connectivity index (χ0) is 11.4. The summed E-state index contributed by atoms with van der Waals surface area (Å²) in [5.41, 5.74) is 0. The highest BCUT2D eigenvalue weighted by Gasteiger charge is 2.28. The second kappa shape index (κ2) is 5.16. The quantitative estimate of drug-likeness (QED) is 0.766. The maximum atomic E-state index is 10.4. The second-order valence-corrected chi connectivity index (χ2v) is 4.13. The maximum absolute atomic E-state index is 10.4. The Labute approximate surface area is 94.2 Å². The van der Waals surface area contributed by atoms with Gasteiger partial charge in [-0.1, -0.05) is 12.8 Å². The van der Waals surface area contributed by atoms with Crippen LogP contribution in [0.1, 0.15) is 37.4 Å². The van der Waals surface area contributed by atoms with Gasteiger partial charge in [0.25, 0.3) is 0 Å². The molecule has 1 aliphatic rings. The first-order valence-corrected chi connectivity index (χ1v) is 5.62. The second-order valence-electron chi connectivity index (χ2n) is 4.13. The number of carbonyl (C=O) groups excluding carboxylic acids is 1. The Bertz CT molecular complexity index is 331. The number of furan rings is 1. The number of carboxylic acids is 1. The molecule has 1 aromatic heterocycles. The van der Waals surface area contributed by atoms with Crippen molar-refractivity contribution in [3.05, 3.63) is 24.2 Å². The van der Waals surface area contributed by atoms with E-state index in [0.717, 1.165) is 31.4 Å². The molecule has 4 heteroatoms. The molecule has 1 aliphatic carbocycles. The highest BCUT2D eigenvalue weighted by Crippen LogP contribution is 2.35. The van der Waals surface area contributed by atoms with E-state index in [9.17, 15) is 9.90 Å². The Morgan fingerprint density at radius 3 is 3.00 bits per heavy atom. The van der Waals surface area contributed by atoms with Gasteiger partial charge in [-0.15, -0.1) is 0 Å². The van der Waals surface area contributed by atoms with Crippen molar-refractivity contribution in [1.29, 1.82) is 0 Å². The topological polar surface area (TPSA) is 62.5 Å². The van der Waals surface area contributed by atoms with Crippen molar-refractivity contribution in [3.8, 4) is 0 Å². The van der Waals surface area contributed by atoms with Crippen molar-refractivity contribution >= 4 is 5.97 Å². The zero-order valence-electron chi connectivity index (χ0n) is 9.06. The summed E-state index contributed by atoms with van der Waals surface area (Å²) >= 11 is 0. The number of hydrogen-bond acceptors (Lipinski definition) is 4. The van der Waals surface area contributed by atoms with Crippen LogP contribution in [0.3, 0.4) is 0 Å². The Morgan fingerprint density at radius 2 is 2.31 bits per heavy atom. The van der Waals surface area contributed by atoms with Gasteiger partial charge >= 0.3 is 0 Å². The summed E-state index contributed by atoms with van der Waals surface area (Å²) in [5, 5.41) is 10.4. The van der Waals surface area contributed by atoms with Gasteiger partial charge in [0.2, 0.25) is 0 Å². The van der Waals surface area contributed by atoms with Crippen molar-refractivity contribution in [3.63, 3.8) is 0 Å². The SMILES string of the molecule is O=C([O-])COC1CCCCC1c1ccco1. The summed E-state index contributed by atoms with van der Waals surface area (Å²) in [6.45, 7) is -0.331. The van der Waals surface area contributed by atoms with Gasteiger partial charge in [0.05, 0.1) is 24.9 Å². The molecule has 1 saturated carbocycles. The average Bonchev–Trinajstić information content (AvgIpc) is 2.80. The van der Waals surface area contributed by atoms with E-state index >= 15 is 0 Å². The zero-order valence-corrected chi connectivity index (χ0v) is 9.06. The van der Waals surface area contributed by atoms with Crippen LogP contribution in [-0.4, -0.2) is 18.7 Å². The van der Waals surface area contributed by atoms with Crippen molar-refractivity contribution in [1.82, 2.24) is 0 Å². The van der Waals surface area contributed by atoms with E-state index in [4.69, 9.17) is 9.15 Å². The van der Waals surface area contributed by atoms with Crippen molar-refractivity contribution < 1.29 is 19.1 Å². The number of carboxylic acid groups (broad SMARTS) is 1. The minimum absolute atomic E-state index is 0.0576. The molecule has 2 rings (SSSR count). The predicted molar refractivity (Wildman–Crippen MR) is 54.7 cm³/mol. The first kappa shape index (κ1) is 11.2. The molecule has 1 heterocycles. The van der Waals surface area contributed by atoms with Gasteiger partial charge in [0.1, 0.15) is 5.76 Å². The minimum atomic E-state index is -1.16. The van der Waals surface area contributed by atoms with E-state index in [-0.39, 0.29) is 18.6 Å². The van der Waals surface area contributed by atoms with Crippen molar-refractivity contribution in [2.45, 2.75) is 37.7 Å². The maximum Gasteiger partial charge on any atom is 0.109 e. The van der Waals surface area contributed by atoms with Crippen LogP contribution >= 0.6 is 0 Å². The molecule has 1 fully saturated rings. The molecule has 2 atom stereocenters. The number of rotatable bonds is 4. The van der Waals surface area contributed by atoms with Crippen molar-refractivity contribution in [2.75, 3.05) is 6.61 Å². The van der Waals surface area contributed by atoms with Gasteiger partial charge in [0.15, 0.2) is 0 Å². The van der Waals surface area contributed by atoms with Crippen LogP contribution in [-0.2, 0) is 9.53 Å². The molecule has 0 aliphatic heterocycles. The molecular weight excluding hydrogens is 208 g/mol. The summed E-state index contributed by atoms with van der Waals surface area (Å²) in [5.74, 6) is -0.0880. The van der Waals surface area contributed by atoms with Crippen molar-refractivity contribution in [2.24, 2.45) is 0 Å².